The third-order valence-corrected chi connectivity index (χ3v) is 4.08. The summed E-state index contributed by atoms with van der Waals surface area (Å²) in [5, 5.41) is 7.03. The smallest absolute Gasteiger partial charge is 0.428 e. The minimum Gasteiger partial charge on any atom is -0.428 e. The van der Waals surface area contributed by atoms with Crippen molar-refractivity contribution in [1.29, 1.82) is 0 Å². The Kier molecular flexibility index (Phi) is 9.35. The summed E-state index contributed by atoms with van der Waals surface area (Å²) < 4.78 is 0. The number of carbonyl (C=O) groups excluding carboxylic acids is 1. The normalized spacial score (nSPS) is 9.69. The molecule has 2 aromatic heterocycles. The van der Waals surface area contributed by atoms with E-state index in [0.29, 0.717) is 16.8 Å². The predicted octanol–water partition coefficient (Wildman–Crippen LogP) is 3.93. The molecule has 5 N–H and O–H groups in total. The molecule has 0 unspecified atom stereocenters. The van der Waals surface area contributed by atoms with Gasteiger partial charge in [0.15, 0.2) is 5.91 Å². The summed E-state index contributed by atoms with van der Waals surface area (Å²) in [5.41, 5.74) is 17.8. The number of anilines is 1. The minimum absolute atomic E-state index is 0. The number of carbonyl (C=O) groups is 1. The maximum Gasteiger partial charge on any atom is 2.00 e. The number of amides is 1. The quantitative estimate of drug-likeness (QED) is 0.306. The molecule has 0 saturated heterocycles. The number of allylic oxidation sites excluding steroid dienone is 1. The number of nitrogens with two attached hydrogens (primary N) is 2. The summed E-state index contributed by atoms with van der Waals surface area (Å²) in [4.78, 5) is 16.2. The number of hydrogen-bond acceptors (Lipinski definition) is 4. The summed E-state index contributed by atoms with van der Waals surface area (Å²) in [6, 6.07) is 11.4. The molecule has 2 heterocycles. The average molecular weight is 614 g/mol. The molecule has 3 aromatic rings. The van der Waals surface area contributed by atoms with Crippen LogP contribution in [0.3, 0.4) is 0 Å². The van der Waals surface area contributed by atoms with E-state index in [-0.39, 0.29) is 42.4 Å². The summed E-state index contributed by atoms with van der Waals surface area (Å²) >= 11 is 0. The third kappa shape index (κ3) is 5.37. The Morgan fingerprint density at radius 3 is 2.38 bits per heavy atom. The van der Waals surface area contributed by atoms with E-state index in [1.165, 1.54) is 0 Å². The number of hydrogen-bond donors (Lipinski definition) is 3. The molecule has 3 rings (SSSR count). The van der Waals surface area contributed by atoms with Gasteiger partial charge in [-0.2, -0.15) is 34.9 Å². The number of aryl methyl sites for hydroxylation is 1. The van der Waals surface area contributed by atoms with Gasteiger partial charge < -0.3 is 21.2 Å². The number of aromatic nitrogens is 3. The van der Waals surface area contributed by atoms with Crippen LogP contribution in [0.4, 0.5) is 5.69 Å². The molecule has 0 radical (unpaired) electrons. The number of benzene rings is 1. The van der Waals surface area contributed by atoms with E-state index in [0.717, 1.165) is 22.4 Å². The second-order valence-electron chi connectivity index (χ2n) is 6.16. The van der Waals surface area contributed by atoms with Crippen molar-refractivity contribution >= 4 is 17.2 Å². The SMILES string of the molecule is CC.CC(C)=C(c1cn[nH]c1C)c1cc(-c2[c-]cccn2)[c-]c(C(N)=O)c1N.[U+2]. The van der Waals surface area contributed by atoms with E-state index in [4.69, 9.17) is 11.5 Å². The minimum atomic E-state index is -0.640. The van der Waals surface area contributed by atoms with E-state index in [1.807, 2.05) is 40.7 Å². The number of aromatic amines is 1. The van der Waals surface area contributed by atoms with Crippen molar-refractivity contribution in [3.63, 3.8) is 0 Å². The van der Waals surface area contributed by atoms with Crippen molar-refractivity contribution in [1.82, 2.24) is 15.2 Å². The van der Waals surface area contributed by atoms with Gasteiger partial charge in [0, 0.05) is 11.3 Å². The first-order valence-corrected chi connectivity index (χ1v) is 9.07. The molecule has 148 valence electrons. The molecule has 0 bridgehead atoms. The molecule has 0 spiro atoms. The first-order valence-electron chi connectivity index (χ1n) is 9.07. The molecule has 0 aliphatic carbocycles. The summed E-state index contributed by atoms with van der Waals surface area (Å²) in [6.07, 6.45) is 3.39. The number of nitrogens with one attached hydrogen (secondary N) is 1. The molecule has 29 heavy (non-hydrogen) atoms. The van der Waals surface area contributed by atoms with Crippen LogP contribution in [0.25, 0.3) is 16.8 Å². The standard InChI is InChI=1S/C20H19N5O.C2H6.U/c1-11(2)18(16-10-24-25-12(16)3)14-8-13(17-6-4-5-7-23-17)9-15(19(14)21)20(22)26;1-2;/h4-5,7-8,10H,21H2,1-3H3,(H2,22,26)(H,24,25);1-2H3;/q-2;;+2. The first kappa shape index (κ1) is 24.7. The Bertz CT molecular complexity index is 1010. The summed E-state index contributed by atoms with van der Waals surface area (Å²) in [6.45, 7) is 9.89. The predicted molar refractivity (Wildman–Crippen MR) is 112 cm³/mol. The fourth-order valence-corrected chi connectivity index (χ4v) is 2.88. The number of primary amides is 1. The van der Waals surface area contributed by atoms with Crippen LogP contribution in [0.5, 0.6) is 0 Å². The second-order valence-corrected chi connectivity index (χ2v) is 6.16. The molecule has 6 nitrogen and oxygen atoms in total. The molecule has 0 aliphatic heterocycles. The number of pyridine rings is 1. The van der Waals surface area contributed by atoms with E-state index in [2.05, 4.69) is 27.3 Å². The van der Waals surface area contributed by atoms with Gasteiger partial charge in [-0.15, -0.1) is 11.8 Å². The largest absolute Gasteiger partial charge is 2.00 e. The van der Waals surface area contributed by atoms with Crippen molar-refractivity contribution < 1.29 is 35.9 Å². The van der Waals surface area contributed by atoms with Gasteiger partial charge in [0.1, 0.15) is 0 Å². The van der Waals surface area contributed by atoms with Gasteiger partial charge in [0.25, 0.3) is 0 Å². The van der Waals surface area contributed by atoms with E-state index in [1.54, 1.807) is 24.5 Å². The van der Waals surface area contributed by atoms with Crippen molar-refractivity contribution in [3.8, 4) is 11.3 Å². The van der Waals surface area contributed by atoms with Gasteiger partial charge in [-0.25, -0.2) is 0 Å². The molecular weight excluding hydrogens is 588 g/mol. The van der Waals surface area contributed by atoms with Crippen LogP contribution in [0.1, 0.15) is 54.9 Å². The van der Waals surface area contributed by atoms with Gasteiger partial charge in [0.2, 0.25) is 0 Å². The van der Waals surface area contributed by atoms with Gasteiger partial charge >= 0.3 is 31.1 Å². The van der Waals surface area contributed by atoms with Crippen LogP contribution < -0.4 is 11.5 Å². The van der Waals surface area contributed by atoms with E-state index in [9.17, 15) is 4.79 Å². The topological polar surface area (TPSA) is 111 Å². The number of rotatable bonds is 4. The van der Waals surface area contributed by atoms with Crippen LogP contribution in [0.15, 0.2) is 36.2 Å². The molecule has 0 atom stereocenters. The zero-order chi connectivity index (χ0) is 20.8. The molecule has 0 saturated carbocycles. The van der Waals surface area contributed by atoms with Gasteiger partial charge in [-0.3, -0.25) is 5.10 Å². The van der Waals surface area contributed by atoms with Crippen LogP contribution in [-0.4, -0.2) is 21.1 Å². The van der Waals surface area contributed by atoms with Crippen molar-refractivity contribution in [2.45, 2.75) is 34.6 Å². The van der Waals surface area contributed by atoms with Crippen molar-refractivity contribution in [2.24, 2.45) is 5.73 Å². The monoisotopic (exact) mass is 613 g/mol. The molecular formula is C22H25N5OU. The molecule has 0 fully saturated rings. The zero-order valence-electron chi connectivity index (χ0n) is 17.3. The first-order chi connectivity index (χ1) is 13.4. The molecule has 0 aliphatic rings. The van der Waals surface area contributed by atoms with Crippen molar-refractivity contribution in [2.75, 3.05) is 5.73 Å². The third-order valence-electron chi connectivity index (χ3n) is 4.08. The maximum atomic E-state index is 11.9. The fraction of sp³-hybridized carbons (Fsp3) is 0.227. The average Bonchev–Trinajstić information content (AvgIpc) is 3.10. The van der Waals surface area contributed by atoms with Crippen LogP contribution >= 0.6 is 0 Å². The number of nitrogen functional groups attached to an aromatic ring is 1. The Morgan fingerprint density at radius 1 is 1.21 bits per heavy atom. The zero-order valence-corrected chi connectivity index (χ0v) is 21.5. The Balaban J connectivity index is 0.00000136. The summed E-state index contributed by atoms with van der Waals surface area (Å²) in [5.74, 6) is -0.640. The maximum absolute atomic E-state index is 11.9. The van der Waals surface area contributed by atoms with E-state index >= 15 is 0 Å². The Labute approximate surface area is 195 Å². The molecule has 1 amide bonds. The Morgan fingerprint density at radius 2 is 1.90 bits per heavy atom. The van der Waals surface area contributed by atoms with Gasteiger partial charge in [-0.05, 0) is 43.8 Å². The Hall–Kier alpha value is -2.36. The van der Waals surface area contributed by atoms with E-state index < -0.39 is 5.91 Å². The summed E-state index contributed by atoms with van der Waals surface area (Å²) in [7, 11) is 0. The van der Waals surface area contributed by atoms with Gasteiger partial charge in [-0.1, -0.05) is 25.0 Å². The van der Waals surface area contributed by atoms with Crippen LogP contribution in [0.2, 0.25) is 0 Å². The van der Waals surface area contributed by atoms with Crippen LogP contribution in [0, 0.1) is 50.2 Å². The molecule has 7 heteroatoms. The van der Waals surface area contributed by atoms with Crippen molar-refractivity contribution in [3.05, 3.63) is 70.7 Å². The number of nitrogens with zero attached hydrogens (tertiary/aromatic N) is 2. The van der Waals surface area contributed by atoms with Gasteiger partial charge in [0.05, 0.1) is 6.20 Å². The second kappa shape index (κ2) is 11.0. The molecule has 1 aromatic carbocycles. The fourth-order valence-electron chi connectivity index (χ4n) is 2.88. The van der Waals surface area contributed by atoms with Crippen LogP contribution in [-0.2, 0) is 0 Å². The number of H-pyrrole nitrogens is 1.